The molecule has 2 atom stereocenters. The van der Waals surface area contributed by atoms with E-state index in [1.54, 1.807) is 36.5 Å². The van der Waals surface area contributed by atoms with E-state index in [9.17, 15) is 9.90 Å². The minimum absolute atomic E-state index is 0.0609. The number of thiocarbonyl (C=S) groups is 1. The number of aromatic nitrogens is 2. The molecule has 0 amide bonds. The number of methoxy groups -OCH3 is 1. The van der Waals surface area contributed by atoms with Crippen LogP contribution in [-0.2, 0) is 4.74 Å². The number of pyridine rings is 1. The molecule has 176 valence electrons. The first-order chi connectivity index (χ1) is 17.0. The van der Waals surface area contributed by atoms with Crippen molar-refractivity contribution in [2.75, 3.05) is 12.0 Å². The number of esters is 1. The number of nitrogens with zero attached hydrogens (tertiary/aromatic N) is 3. The van der Waals surface area contributed by atoms with Gasteiger partial charge in [0.1, 0.15) is 11.8 Å². The van der Waals surface area contributed by atoms with Crippen molar-refractivity contribution in [1.82, 2.24) is 14.9 Å². The van der Waals surface area contributed by atoms with Gasteiger partial charge in [-0.1, -0.05) is 17.7 Å². The van der Waals surface area contributed by atoms with Gasteiger partial charge in [-0.2, -0.15) is 0 Å². The first-order valence-electron chi connectivity index (χ1n) is 10.8. The molecule has 9 heteroatoms. The van der Waals surface area contributed by atoms with Crippen LogP contribution < -0.4 is 10.2 Å². The Kier molecular flexibility index (Phi) is 6.15. The maximum Gasteiger partial charge on any atom is 0.337 e. The Morgan fingerprint density at radius 3 is 2.63 bits per heavy atom. The Morgan fingerprint density at radius 2 is 1.91 bits per heavy atom. The van der Waals surface area contributed by atoms with E-state index in [0.29, 0.717) is 21.4 Å². The van der Waals surface area contributed by atoms with E-state index in [4.69, 9.17) is 28.6 Å². The molecule has 2 N–H and O–H groups in total. The highest BCUT2D eigenvalue weighted by Crippen LogP contribution is 2.45. The zero-order valence-electron chi connectivity index (χ0n) is 18.6. The van der Waals surface area contributed by atoms with Crippen LogP contribution in [-0.4, -0.2) is 32.8 Å². The van der Waals surface area contributed by atoms with E-state index >= 15 is 0 Å². The van der Waals surface area contributed by atoms with Crippen LogP contribution >= 0.6 is 23.8 Å². The molecule has 5 rings (SSSR count). The molecular formula is C26H21ClN4O3S. The number of carbonyl (C=O) groups excluding carboxylic acids is 1. The molecular weight excluding hydrogens is 484 g/mol. The Labute approximate surface area is 212 Å². The summed E-state index contributed by atoms with van der Waals surface area (Å²) in [7, 11) is 1.36. The number of halogens is 1. The molecule has 1 saturated heterocycles. The SMILES string of the molecule is COC(=O)c1ccc(-n2cccc2[C@H]2[C@H](c3ccccn3)NC(=S)N2c2cc(Cl)ccc2O)cc1. The largest absolute Gasteiger partial charge is 0.506 e. The third-order valence-electron chi connectivity index (χ3n) is 5.94. The lowest BCUT2D eigenvalue weighted by Crippen LogP contribution is -2.30. The average molecular weight is 505 g/mol. The van der Waals surface area contributed by atoms with Gasteiger partial charge in [0, 0.05) is 28.8 Å². The second kappa shape index (κ2) is 9.40. The molecule has 0 unspecified atom stereocenters. The Bertz CT molecular complexity index is 1390. The highest BCUT2D eigenvalue weighted by atomic mass is 35.5. The van der Waals surface area contributed by atoms with Crippen molar-refractivity contribution >= 4 is 40.6 Å². The van der Waals surface area contributed by atoms with Gasteiger partial charge in [-0.3, -0.25) is 4.98 Å². The van der Waals surface area contributed by atoms with Gasteiger partial charge in [-0.05, 0) is 78.9 Å². The number of hydrogen-bond donors (Lipinski definition) is 2. The van der Waals surface area contributed by atoms with E-state index in [-0.39, 0.29) is 17.8 Å². The van der Waals surface area contributed by atoms with Crippen molar-refractivity contribution in [3.8, 4) is 11.4 Å². The third kappa shape index (κ3) is 4.22. The number of phenols is 1. The van der Waals surface area contributed by atoms with Gasteiger partial charge < -0.3 is 24.6 Å². The van der Waals surface area contributed by atoms with Crippen LogP contribution in [0.5, 0.6) is 5.75 Å². The molecule has 1 aliphatic heterocycles. The fourth-order valence-corrected chi connectivity index (χ4v) is 4.86. The molecule has 3 heterocycles. The summed E-state index contributed by atoms with van der Waals surface area (Å²) in [5.74, 6) is -0.335. The highest BCUT2D eigenvalue weighted by molar-refractivity contribution is 7.80. The zero-order valence-corrected chi connectivity index (χ0v) is 20.2. The molecule has 4 aromatic rings. The molecule has 0 bridgehead atoms. The number of aromatic hydroxyl groups is 1. The van der Waals surface area contributed by atoms with Crippen LogP contribution in [0.1, 0.15) is 33.8 Å². The van der Waals surface area contributed by atoms with Crippen LogP contribution in [0.4, 0.5) is 5.69 Å². The maximum absolute atomic E-state index is 11.9. The summed E-state index contributed by atoms with van der Waals surface area (Å²) in [5.41, 5.74) is 3.51. The van der Waals surface area contributed by atoms with Gasteiger partial charge in [-0.25, -0.2) is 4.79 Å². The third-order valence-corrected chi connectivity index (χ3v) is 6.49. The number of hydrogen-bond acceptors (Lipinski definition) is 5. The summed E-state index contributed by atoms with van der Waals surface area (Å²) in [4.78, 5) is 18.3. The van der Waals surface area contributed by atoms with E-state index in [1.807, 2.05) is 58.1 Å². The predicted octanol–water partition coefficient (Wildman–Crippen LogP) is 5.20. The second-order valence-corrected chi connectivity index (χ2v) is 8.79. The number of benzene rings is 2. The van der Waals surface area contributed by atoms with Crippen LogP contribution in [0.25, 0.3) is 5.69 Å². The van der Waals surface area contributed by atoms with Crippen LogP contribution in [0.3, 0.4) is 0 Å². The lowest BCUT2D eigenvalue weighted by Gasteiger charge is -2.29. The van der Waals surface area contributed by atoms with Gasteiger partial charge in [0.05, 0.1) is 30.1 Å². The lowest BCUT2D eigenvalue weighted by atomic mass is 10.0. The van der Waals surface area contributed by atoms with Crippen molar-refractivity contribution in [2.24, 2.45) is 0 Å². The van der Waals surface area contributed by atoms with Crippen LogP contribution in [0.2, 0.25) is 5.02 Å². The fraction of sp³-hybridized carbons (Fsp3) is 0.115. The lowest BCUT2D eigenvalue weighted by molar-refractivity contribution is 0.0600. The summed E-state index contributed by atoms with van der Waals surface area (Å²) >= 11 is 12.0. The van der Waals surface area contributed by atoms with Crippen molar-refractivity contribution in [2.45, 2.75) is 12.1 Å². The van der Waals surface area contributed by atoms with Crippen LogP contribution in [0.15, 0.2) is 85.2 Å². The first-order valence-corrected chi connectivity index (χ1v) is 11.6. The number of phenolic OH excluding ortho intramolecular Hbond substituents is 1. The van der Waals surface area contributed by atoms with Gasteiger partial charge in [0.25, 0.3) is 0 Å². The Morgan fingerprint density at radius 1 is 1.11 bits per heavy atom. The highest BCUT2D eigenvalue weighted by Gasteiger charge is 2.43. The number of anilines is 1. The number of ether oxygens (including phenoxy) is 1. The van der Waals surface area contributed by atoms with Gasteiger partial charge in [0.2, 0.25) is 0 Å². The number of nitrogens with one attached hydrogen (secondary N) is 1. The molecule has 2 aromatic carbocycles. The predicted molar refractivity (Wildman–Crippen MR) is 138 cm³/mol. The molecule has 2 aromatic heterocycles. The van der Waals surface area contributed by atoms with Crippen LogP contribution in [0, 0.1) is 0 Å². The zero-order chi connectivity index (χ0) is 24.5. The van der Waals surface area contributed by atoms with E-state index in [0.717, 1.165) is 17.1 Å². The molecule has 0 spiro atoms. The molecule has 0 saturated carbocycles. The molecule has 0 aliphatic carbocycles. The number of rotatable bonds is 5. The molecule has 35 heavy (non-hydrogen) atoms. The van der Waals surface area contributed by atoms with E-state index in [2.05, 4.69) is 10.3 Å². The summed E-state index contributed by atoms with van der Waals surface area (Å²) in [5, 5.41) is 15.0. The summed E-state index contributed by atoms with van der Waals surface area (Å²) in [6.07, 6.45) is 3.68. The molecule has 7 nitrogen and oxygen atoms in total. The van der Waals surface area contributed by atoms with Crippen molar-refractivity contribution in [3.63, 3.8) is 0 Å². The standard InChI is InChI=1S/C26H21ClN4O3S/c1-34-25(33)16-7-10-18(11-8-16)30-14-4-6-20(30)24-23(19-5-2-3-13-28-19)29-26(35)31(24)21-15-17(27)9-12-22(21)32/h2-15,23-24,32H,1H3,(H,29,35)/t23-,24-/m0/s1. The maximum atomic E-state index is 11.9. The van der Waals surface area contributed by atoms with Gasteiger partial charge in [0.15, 0.2) is 5.11 Å². The quantitative estimate of drug-likeness (QED) is 0.286. The molecule has 0 radical (unpaired) electrons. The summed E-state index contributed by atoms with van der Waals surface area (Å²) in [6, 6.07) is 21.0. The second-order valence-electron chi connectivity index (χ2n) is 7.97. The molecule has 1 fully saturated rings. The van der Waals surface area contributed by atoms with Crippen molar-refractivity contribution in [3.05, 3.63) is 107 Å². The van der Waals surface area contributed by atoms with Crippen molar-refractivity contribution in [1.29, 1.82) is 0 Å². The smallest absolute Gasteiger partial charge is 0.337 e. The Hall–Kier alpha value is -3.88. The summed E-state index contributed by atoms with van der Waals surface area (Å²) in [6.45, 7) is 0. The number of carbonyl (C=O) groups is 1. The monoisotopic (exact) mass is 504 g/mol. The average Bonchev–Trinajstić information content (AvgIpc) is 3.50. The first kappa shape index (κ1) is 22.9. The van der Waals surface area contributed by atoms with E-state index < -0.39 is 5.97 Å². The van der Waals surface area contributed by atoms with Crippen molar-refractivity contribution < 1.29 is 14.6 Å². The Balaban J connectivity index is 1.64. The molecule has 1 aliphatic rings. The van der Waals surface area contributed by atoms with Gasteiger partial charge >= 0.3 is 5.97 Å². The minimum Gasteiger partial charge on any atom is -0.506 e. The topological polar surface area (TPSA) is 79.6 Å². The minimum atomic E-state index is -0.396. The van der Waals surface area contributed by atoms with E-state index in [1.165, 1.54) is 7.11 Å². The normalized spacial score (nSPS) is 17.3. The van der Waals surface area contributed by atoms with Gasteiger partial charge in [-0.15, -0.1) is 0 Å². The fourth-order valence-electron chi connectivity index (χ4n) is 4.35. The summed E-state index contributed by atoms with van der Waals surface area (Å²) < 4.78 is 6.83.